The van der Waals surface area contributed by atoms with Crippen molar-refractivity contribution in [2.45, 2.75) is 56.8 Å². The quantitative estimate of drug-likeness (QED) is 0.452. The van der Waals surface area contributed by atoms with E-state index in [1.165, 1.54) is 6.08 Å². The van der Waals surface area contributed by atoms with Gasteiger partial charge in [0.25, 0.3) is 0 Å². The molecule has 1 aromatic rings. The lowest BCUT2D eigenvalue weighted by Gasteiger charge is -2.58. The van der Waals surface area contributed by atoms with E-state index >= 15 is 0 Å². The number of benzene rings is 1. The summed E-state index contributed by atoms with van der Waals surface area (Å²) in [5.41, 5.74) is -0.179. The minimum Gasteiger partial charge on any atom is -0.504 e. The molecule has 0 saturated carbocycles. The van der Waals surface area contributed by atoms with Gasteiger partial charge in [-0.15, -0.1) is 0 Å². The highest BCUT2D eigenvalue weighted by atomic mass is 16.6. The number of hydrogen-bond donors (Lipinski definition) is 2. The normalized spacial score (nSPS) is 33.0. The zero-order valence-electron chi connectivity index (χ0n) is 17.9. The van der Waals surface area contributed by atoms with E-state index in [9.17, 15) is 15.0 Å². The Balaban J connectivity index is 1.84. The van der Waals surface area contributed by atoms with E-state index in [0.29, 0.717) is 24.4 Å². The topological polar surface area (TPSA) is 79.2 Å². The first kappa shape index (κ1) is 20.7. The summed E-state index contributed by atoms with van der Waals surface area (Å²) >= 11 is 0. The molecule has 3 aliphatic rings. The van der Waals surface area contributed by atoms with Crippen LogP contribution < -0.4 is 4.74 Å². The second kappa shape index (κ2) is 7.29. The standard InChI is InChI=1S/C24H29NO5/c1-5-6-7-8-19(27)29-18-11-12-24(28)16(3)25(4)14-13-23(24)20-15(2)9-10-17(26)21(20)30-22(18)23/h5-11,16,22,26,28H,12-14H2,1-4H3/b6-5+,8-7+/t16-,22+,23+,24-/m1/s1. The number of phenols is 1. The van der Waals surface area contributed by atoms with Crippen LogP contribution in [0, 0.1) is 6.92 Å². The number of carbonyl (C=O) groups is 1. The van der Waals surface area contributed by atoms with Crippen molar-refractivity contribution in [1.29, 1.82) is 0 Å². The summed E-state index contributed by atoms with van der Waals surface area (Å²) in [4.78, 5) is 14.5. The maximum atomic E-state index is 12.4. The third-order valence-electron chi connectivity index (χ3n) is 7.09. The Kier molecular flexibility index (Phi) is 5.03. The van der Waals surface area contributed by atoms with Gasteiger partial charge in [0.15, 0.2) is 17.6 Å². The summed E-state index contributed by atoms with van der Waals surface area (Å²) in [6.07, 6.45) is 8.57. The van der Waals surface area contributed by atoms with E-state index in [0.717, 1.165) is 17.7 Å². The summed E-state index contributed by atoms with van der Waals surface area (Å²) in [6.45, 7) is 6.59. The van der Waals surface area contributed by atoms with Crippen molar-refractivity contribution in [2.75, 3.05) is 13.6 Å². The number of esters is 1. The van der Waals surface area contributed by atoms with Crippen LogP contribution >= 0.6 is 0 Å². The number of ether oxygens (including phenoxy) is 2. The minimum atomic E-state index is -1.13. The van der Waals surface area contributed by atoms with Gasteiger partial charge in [-0.25, -0.2) is 4.79 Å². The van der Waals surface area contributed by atoms with Crippen molar-refractivity contribution >= 4 is 5.97 Å². The minimum absolute atomic E-state index is 0.0342. The van der Waals surface area contributed by atoms with Gasteiger partial charge in [-0.1, -0.05) is 24.3 Å². The maximum absolute atomic E-state index is 12.4. The van der Waals surface area contributed by atoms with E-state index in [1.54, 1.807) is 24.3 Å². The molecular weight excluding hydrogens is 382 g/mol. The highest BCUT2D eigenvalue weighted by Crippen LogP contribution is 2.62. The molecule has 2 heterocycles. The average molecular weight is 411 g/mol. The number of aliphatic hydroxyl groups is 1. The van der Waals surface area contributed by atoms with Gasteiger partial charge in [-0.3, -0.25) is 0 Å². The molecular formula is C24H29NO5. The molecule has 6 heteroatoms. The lowest BCUT2D eigenvalue weighted by molar-refractivity contribution is -0.159. The molecule has 160 valence electrons. The van der Waals surface area contributed by atoms with Crippen molar-refractivity contribution in [3.8, 4) is 11.5 Å². The first-order valence-corrected chi connectivity index (χ1v) is 10.4. The van der Waals surface area contributed by atoms with Gasteiger partial charge in [-0.05, 0) is 58.5 Å². The first-order chi connectivity index (χ1) is 14.3. The second-order valence-electron chi connectivity index (χ2n) is 8.52. The number of rotatable bonds is 3. The molecule has 30 heavy (non-hydrogen) atoms. The number of allylic oxidation sites excluding steroid dienone is 3. The summed E-state index contributed by atoms with van der Waals surface area (Å²) in [5, 5.41) is 22.6. The molecule has 0 radical (unpaired) electrons. The Morgan fingerprint density at radius 3 is 2.87 bits per heavy atom. The molecule has 1 saturated heterocycles. The van der Waals surface area contributed by atoms with Crippen molar-refractivity contribution < 1.29 is 24.5 Å². The molecule has 1 aliphatic carbocycles. The van der Waals surface area contributed by atoms with Gasteiger partial charge in [0.05, 0.1) is 11.0 Å². The fourth-order valence-corrected chi connectivity index (χ4v) is 5.40. The molecule has 2 N–H and O–H groups in total. The van der Waals surface area contributed by atoms with Crippen LogP contribution in [0.1, 0.15) is 37.8 Å². The van der Waals surface area contributed by atoms with E-state index in [1.807, 2.05) is 40.0 Å². The molecule has 0 bridgehead atoms. The van der Waals surface area contributed by atoms with Gasteiger partial charge >= 0.3 is 5.97 Å². The van der Waals surface area contributed by atoms with Crippen molar-refractivity contribution in [3.05, 3.63) is 59.4 Å². The highest BCUT2D eigenvalue weighted by Gasteiger charge is 2.69. The monoisotopic (exact) mass is 411 g/mol. The van der Waals surface area contributed by atoms with Gasteiger partial charge in [-0.2, -0.15) is 0 Å². The lowest BCUT2D eigenvalue weighted by atomic mass is 9.54. The van der Waals surface area contributed by atoms with Gasteiger partial charge < -0.3 is 24.6 Å². The fraction of sp³-hybridized carbons (Fsp3) is 0.458. The van der Waals surface area contributed by atoms with Crippen LogP contribution in [0.2, 0.25) is 0 Å². The third-order valence-corrected chi connectivity index (χ3v) is 7.09. The van der Waals surface area contributed by atoms with Gasteiger partial charge in [0.2, 0.25) is 0 Å². The van der Waals surface area contributed by atoms with Crippen molar-refractivity contribution in [3.63, 3.8) is 0 Å². The molecule has 1 spiro atoms. The van der Waals surface area contributed by atoms with Crippen LogP contribution in [0.25, 0.3) is 0 Å². The Bertz CT molecular complexity index is 965. The Morgan fingerprint density at radius 2 is 2.13 bits per heavy atom. The Labute approximate surface area is 177 Å². The fourth-order valence-electron chi connectivity index (χ4n) is 5.40. The second-order valence-corrected chi connectivity index (χ2v) is 8.52. The van der Waals surface area contributed by atoms with Crippen LogP contribution in [0.4, 0.5) is 0 Å². The van der Waals surface area contributed by atoms with Gasteiger partial charge in [0.1, 0.15) is 5.76 Å². The number of likely N-dealkylation sites (N-methyl/N-ethyl adjacent to an activating group) is 1. The summed E-state index contributed by atoms with van der Waals surface area (Å²) in [7, 11) is 2.00. The number of nitrogens with zero attached hydrogens (tertiary/aromatic N) is 1. The highest BCUT2D eigenvalue weighted by molar-refractivity contribution is 5.83. The molecule has 1 aromatic carbocycles. The predicted octanol–water partition coefficient (Wildman–Crippen LogP) is 3.12. The molecule has 4 rings (SSSR count). The summed E-state index contributed by atoms with van der Waals surface area (Å²) < 4.78 is 11.9. The molecule has 0 aromatic heterocycles. The first-order valence-electron chi connectivity index (χ1n) is 10.4. The average Bonchev–Trinajstić information content (AvgIpc) is 3.08. The van der Waals surface area contributed by atoms with E-state index in [4.69, 9.17) is 9.47 Å². The third kappa shape index (κ3) is 2.74. The number of phenolic OH excluding ortho intramolecular Hbond substituents is 1. The van der Waals surface area contributed by atoms with E-state index in [2.05, 4.69) is 4.90 Å². The smallest absolute Gasteiger partial charge is 0.335 e. The number of aromatic hydroxyl groups is 1. The molecule has 0 unspecified atom stereocenters. The number of piperidine rings is 1. The van der Waals surface area contributed by atoms with Crippen molar-refractivity contribution in [2.24, 2.45) is 0 Å². The maximum Gasteiger partial charge on any atom is 0.335 e. The summed E-state index contributed by atoms with van der Waals surface area (Å²) in [5.74, 6) is 0.304. The van der Waals surface area contributed by atoms with Crippen LogP contribution in [-0.4, -0.2) is 52.4 Å². The molecule has 4 atom stereocenters. The number of likely N-dealkylation sites (tertiary alicyclic amines) is 1. The lowest BCUT2D eigenvalue weighted by Crippen LogP contribution is -2.71. The van der Waals surface area contributed by atoms with Crippen molar-refractivity contribution in [1.82, 2.24) is 4.90 Å². The molecule has 1 fully saturated rings. The Hall–Kier alpha value is -2.57. The molecule has 6 nitrogen and oxygen atoms in total. The van der Waals surface area contributed by atoms with E-state index in [-0.39, 0.29) is 11.8 Å². The van der Waals surface area contributed by atoms with Crippen LogP contribution in [-0.2, 0) is 14.9 Å². The Morgan fingerprint density at radius 1 is 1.37 bits per heavy atom. The zero-order chi connectivity index (χ0) is 21.7. The number of fused-ring (bicyclic) bond motifs is 1. The summed E-state index contributed by atoms with van der Waals surface area (Å²) in [6, 6.07) is 3.31. The van der Waals surface area contributed by atoms with E-state index < -0.39 is 23.1 Å². The van der Waals surface area contributed by atoms with Crippen LogP contribution in [0.3, 0.4) is 0 Å². The number of aryl methyl sites for hydroxylation is 1. The van der Waals surface area contributed by atoms with Crippen LogP contribution in [0.15, 0.2) is 48.3 Å². The number of carbonyl (C=O) groups excluding carboxylic acids is 1. The van der Waals surface area contributed by atoms with Crippen LogP contribution in [0.5, 0.6) is 11.5 Å². The predicted molar refractivity (Wildman–Crippen MR) is 113 cm³/mol. The number of hydrogen-bond acceptors (Lipinski definition) is 6. The SMILES string of the molecule is C/C=C/C=C/C(=O)OC1=CC[C@@]2(O)[C@@H](C)N(C)CC[C@@]23c2c(C)ccc(O)c2O[C@@H]13. The zero-order valence-corrected chi connectivity index (χ0v) is 17.9. The largest absolute Gasteiger partial charge is 0.504 e. The van der Waals surface area contributed by atoms with Gasteiger partial charge in [0, 0.05) is 24.1 Å². The molecule has 0 amide bonds. The molecule has 2 aliphatic heterocycles.